The van der Waals surface area contributed by atoms with Gasteiger partial charge in [0.1, 0.15) is 23.0 Å². The van der Waals surface area contributed by atoms with Crippen molar-refractivity contribution in [3.05, 3.63) is 77.9 Å². The van der Waals surface area contributed by atoms with Gasteiger partial charge in [0.25, 0.3) is 0 Å². The third kappa shape index (κ3) is 5.88. The van der Waals surface area contributed by atoms with Gasteiger partial charge in [0, 0.05) is 30.0 Å². The predicted molar refractivity (Wildman–Crippen MR) is 146 cm³/mol. The van der Waals surface area contributed by atoms with Crippen LogP contribution in [0, 0.1) is 5.82 Å². The minimum absolute atomic E-state index is 0.0263. The monoisotopic (exact) mass is 587 g/mol. The predicted octanol–water partition coefficient (Wildman–Crippen LogP) is 6.19. The van der Waals surface area contributed by atoms with Crippen molar-refractivity contribution in [1.82, 2.24) is 14.5 Å². The number of halogens is 3. The van der Waals surface area contributed by atoms with Gasteiger partial charge in [-0.1, -0.05) is 30.3 Å². The summed E-state index contributed by atoms with van der Waals surface area (Å²) >= 11 is 0. The Morgan fingerprint density at radius 1 is 1.07 bits per heavy atom. The van der Waals surface area contributed by atoms with Gasteiger partial charge in [-0.05, 0) is 50.6 Å². The Bertz CT molecular complexity index is 1750. The summed E-state index contributed by atoms with van der Waals surface area (Å²) in [5.41, 5.74) is 0.819. The van der Waals surface area contributed by atoms with Crippen molar-refractivity contribution in [1.29, 1.82) is 0 Å². The summed E-state index contributed by atoms with van der Waals surface area (Å²) in [6.07, 6.45) is 0.455. The van der Waals surface area contributed by atoms with Gasteiger partial charge in [0.2, 0.25) is 0 Å². The molecule has 4 aromatic rings. The van der Waals surface area contributed by atoms with Crippen LogP contribution in [0.1, 0.15) is 38.2 Å². The molecule has 2 heterocycles. The van der Waals surface area contributed by atoms with Crippen LogP contribution in [0.2, 0.25) is 0 Å². The molecule has 1 aromatic heterocycles. The molecule has 1 aliphatic rings. The highest BCUT2D eigenvalue weighted by molar-refractivity contribution is 7.90. The van der Waals surface area contributed by atoms with Crippen LogP contribution in [-0.2, 0) is 21.1 Å². The fraction of sp³-hybridized carbons (Fsp3) is 0.310. The maximum absolute atomic E-state index is 15.4. The molecule has 1 aliphatic heterocycles. The molecular weight excluding hydrogens is 559 g/mol. The zero-order chi connectivity index (χ0) is 29.7. The molecule has 12 heteroatoms. The Morgan fingerprint density at radius 3 is 2.49 bits per heavy atom. The number of sulfone groups is 1. The summed E-state index contributed by atoms with van der Waals surface area (Å²) in [6, 6.07) is 14.2. The summed E-state index contributed by atoms with van der Waals surface area (Å²) in [4.78, 5) is 19.1. The zero-order valence-corrected chi connectivity index (χ0v) is 23.6. The number of fused-ring (bicyclic) bond motifs is 3. The van der Waals surface area contributed by atoms with E-state index in [1.54, 1.807) is 55.7 Å². The van der Waals surface area contributed by atoms with Crippen LogP contribution in [0.5, 0.6) is 5.75 Å². The van der Waals surface area contributed by atoms with E-state index < -0.39 is 40.0 Å². The van der Waals surface area contributed by atoms with Crippen LogP contribution in [0.15, 0.2) is 65.6 Å². The number of para-hydroxylation sites is 1. The number of carbonyl (C=O) groups excluding carboxylic acids is 1. The Kier molecular flexibility index (Phi) is 7.22. The van der Waals surface area contributed by atoms with E-state index in [1.807, 2.05) is 0 Å². The number of benzene rings is 3. The molecule has 0 bridgehead atoms. The van der Waals surface area contributed by atoms with Gasteiger partial charge >= 0.3 is 12.7 Å². The summed E-state index contributed by atoms with van der Waals surface area (Å²) < 4.78 is 78.5. The number of carbonyl (C=O) groups is 1. The third-order valence-electron chi connectivity index (χ3n) is 6.61. The molecule has 0 N–H and O–H groups in total. The van der Waals surface area contributed by atoms with Gasteiger partial charge < -0.3 is 14.0 Å². The van der Waals surface area contributed by atoms with Crippen molar-refractivity contribution in [2.45, 2.75) is 50.5 Å². The number of amides is 1. The summed E-state index contributed by atoms with van der Waals surface area (Å²) in [5, 5.41) is 0. The minimum Gasteiger partial charge on any atom is -0.444 e. The lowest BCUT2D eigenvalue weighted by Crippen LogP contribution is -2.44. The fourth-order valence-corrected chi connectivity index (χ4v) is 5.60. The first-order valence-corrected chi connectivity index (χ1v) is 14.6. The first-order valence-electron chi connectivity index (χ1n) is 12.7. The lowest BCUT2D eigenvalue weighted by Gasteiger charge is -2.36. The Balaban J connectivity index is 1.70. The van der Waals surface area contributed by atoms with Gasteiger partial charge in [0.05, 0.1) is 28.5 Å². The molecule has 1 amide bonds. The molecule has 0 fully saturated rings. The SMILES string of the molecule is CC(C)(C)OC(=O)N1Cc2nc3cc(F)c(-c4cccc(S(C)(=O)=O)c4)cc3n2[C@@H](c2ccccc2OC(F)F)C1. The molecule has 0 spiro atoms. The smallest absolute Gasteiger partial charge is 0.410 e. The molecule has 1 atom stereocenters. The average molecular weight is 588 g/mol. The quantitative estimate of drug-likeness (QED) is 0.277. The van der Waals surface area contributed by atoms with E-state index >= 15 is 4.39 Å². The number of nitrogens with zero attached hydrogens (tertiary/aromatic N) is 3. The number of alkyl halides is 2. The van der Waals surface area contributed by atoms with Crippen molar-refractivity contribution in [2.75, 3.05) is 12.8 Å². The van der Waals surface area contributed by atoms with Gasteiger partial charge in [-0.15, -0.1) is 0 Å². The number of hydrogen-bond donors (Lipinski definition) is 0. The summed E-state index contributed by atoms with van der Waals surface area (Å²) in [7, 11) is -3.54. The van der Waals surface area contributed by atoms with Gasteiger partial charge in [0.15, 0.2) is 9.84 Å². The molecule has 0 radical (unpaired) electrons. The fourth-order valence-electron chi connectivity index (χ4n) is 4.93. The Labute approximate surface area is 235 Å². The molecule has 0 unspecified atom stereocenters. The number of hydrogen-bond acceptors (Lipinski definition) is 6. The van der Waals surface area contributed by atoms with Crippen molar-refractivity contribution < 1.29 is 35.9 Å². The third-order valence-corrected chi connectivity index (χ3v) is 7.72. The maximum Gasteiger partial charge on any atom is 0.410 e. The number of aromatic nitrogens is 2. The standard InChI is InChI=1S/C29H28F3N3O5S/c1-29(2,3)40-28(36)34-15-24(19-10-5-6-11-25(19)39-27(31)32)35-23-13-20(21(30)14-22(23)33-26(35)16-34)17-8-7-9-18(12-17)41(4,37)38/h5-14,24,27H,15-16H2,1-4H3/t24-/m1/s1. The van der Waals surface area contributed by atoms with E-state index in [0.717, 1.165) is 6.26 Å². The van der Waals surface area contributed by atoms with Crippen molar-refractivity contribution >= 4 is 27.0 Å². The average Bonchev–Trinajstić information content (AvgIpc) is 3.23. The largest absolute Gasteiger partial charge is 0.444 e. The number of ether oxygens (including phenoxy) is 2. The Morgan fingerprint density at radius 2 is 1.80 bits per heavy atom. The minimum atomic E-state index is -3.54. The molecule has 0 aliphatic carbocycles. The van der Waals surface area contributed by atoms with E-state index in [9.17, 15) is 22.0 Å². The molecule has 0 saturated heterocycles. The van der Waals surface area contributed by atoms with Gasteiger partial charge in [-0.25, -0.2) is 22.6 Å². The first kappa shape index (κ1) is 28.5. The van der Waals surface area contributed by atoms with Crippen LogP contribution in [0.3, 0.4) is 0 Å². The maximum atomic E-state index is 15.4. The number of imidazole rings is 1. The molecule has 216 valence electrons. The Hall–Kier alpha value is -4.06. The summed E-state index contributed by atoms with van der Waals surface area (Å²) in [5.74, 6) is -0.314. The molecule has 8 nitrogen and oxygen atoms in total. The van der Waals surface area contributed by atoms with E-state index in [4.69, 9.17) is 9.47 Å². The second-order valence-electron chi connectivity index (χ2n) is 10.8. The van der Waals surface area contributed by atoms with Gasteiger partial charge in [-0.2, -0.15) is 8.78 Å². The van der Waals surface area contributed by atoms with E-state index in [0.29, 0.717) is 22.5 Å². The van der Waals surface area contributed by atoms with Crippen molar-refractivity contribution in [2.24, 2.45) is 0 Å². The second kappa shape index (κ2) is 10.4. The molecule has 41 heavy (non-hydrogen) atoms. The normalized spacial score (nSPS) is 15.7. The highest BCUT2D eigenvalue weighted by Gasteiger charge is 2.35. The number of rotatable bonds is 5. The van der Waals surface area contributed by atoms with Crippen LogP contribution in [-0.4, -0.2) is 54.0 Å². The van der Waals surface area contributed by atoms with E-state index in [1.165, 1.54) is 35.2 Å². The van der Waals surface area contributed by atoms with Crippen LogP contribution >= 0.6 is 0 Å². The van der Waals surface area contributed by atoms with E-state index in [-0.39, 0.29) is 34.8 Å². The van der Waals surface area contributed by atoms with Crippen molar-refractivity contribution in [3.8, 4) is 16.9 Å². The first-order chi connectivity index (χ1) is 19.2. The van der Waals surface area contributed by atoms with Crippen molar-refractivity contribution in [3.63, 3.8) is 0 Å². The van der Waals surface area contributed by atoms with Crippen LogP contribution in [0.4, 0.5) is 18.0 Å². The van der Waals surface area contributed by atoms with Gasteiger partial charge in [-0.3, -0.25) is 4.90 Å². The highest BCUT2D eigenvalue weighted by atomic mass is 32.2. The lowest BCUT2D eigenvalue weighted by atomic mass is 10.0. The van der Waals surface area contributed by atoms with Crippen LogP contribution in [0.25, 0.3) is 22.2 Å². The highest BCUT2D eigenvalue weighted by Crippen LogP contribution is 2.38. The summed E-state index contributed by atoms with van der Waals surface area (Å²) in [6.45, 7) is 2.18. The molecular formula is C29H28F3N3O5S. The molecule has 5 rings (SSSR count). The topological polar surface area (TPSA) is 90.7 Å². The lowest BCUT2D eigenvalue weighted by molar-refractivity contribution is -0.0509. The van der Waals surface area contributed by atoms with Crippen LogP contribution < -0.4 is 4.74 Å². The zero-order valence-electron chi connectivity index (χ0n) is 22.8. The molecule has 3 aromatic carbocycles. The molecule has 0 saturated carbocycles. The van der Waals surface area contributed by atoms with E-state index in [2.05, 4.69) is 4.98 Å². The second-order valence-corrected chi connectivity index (χ2v) is 12.8.